The zero-order chi connectivity index (χ0) is 55.5. The lowest BCUT2D eigenvalue weighted by atomic mass is 10.2. The number of hydrogen-bond acceptors (Lipinski definition) is 24. The fourth-order valence-electron chi connectivity index (χ4n) is 7.69. The number of aromatic nitrogens is 5. The molecule has 0 amide bonds. The van der Waals surface area contributed by atoms with Gasteiger partial charge in [0, 0.05) is 44.1 Å². The summed E-state index contributed by atoms with van der Waals surface area (Å²) in [6.45, 7) is 11.7. The number of benzene rings is 5. The summed E-state index contributed by atoms with van der Waals surface area (Å²) in [5.74, 6) is 2.87. The van der Waals surface area contributed by atoms with Crippen LogP contribution in [-0.2, 0) is 26.0 Å². The zero-order valence-corrected chi connectivity index (χ0v) is 46.8. The van der Waals surface area contributed by atoms with Crippen LogP contribution in [0.2, 0.25) is 0 Å². The molecule has 8 aromatic rings. The van der Waals surface area contributed by atoms with Gasteiger partial charge in [-0.1, -0.05) is 42.1 Å². The number of hydrogen-bond donors (Lipinski definition) is 8. The van der Waals surface area contributed by atoms with Crippen LogP contribution in [0.15, 0.2) is 93.8 Å². The molecule has 0 aliphatic heterocycles. The van der Waals surface area contributed by atoms with Crippen LogP contribution in [0, 0.1) is 0 Å². The van der Waals surface area contributed by atoms with E-state index in [0.717, 1.165) is 66.2 Å². The van der Waals surface area contributed by atoms with Gasteiger partial charge in [-0.3, -0.25) is 9.11 Å². The third kappa shape index (κ3) is 13.5. The van der Waals surface area contributed by atoms with Gasteiger partial charge >= 0.3 is 0 Å². The Morgan fingerprint density at radius 2 is 0.961 bits per heavy atom. The van der Waals surface area contributed by atoms with Crippen molar-refractivity contribution in [2.45, 2.75) is 48.4 Å². The molecule has 0 saturated heterocycles. The minimum atomic E-state index is -4.40. The van der Waals surface area contributed by atoms with Crippen LogP contribution >= 0.6 is 34.8 Å². The molecule has 5 aromatic carbocycles. The number of thioether (sulfide) groups is 1. The van der Waals surface area contributed by atoms with Gasteiger partial charge < -0.3 is 62.3 Å². The Labute approximate surface area is 452 Å². The largest absolute Gasteiger partial charge is 0.495 e. The predicted octanol–water partition coefficient (Wildman–Crippen LogP) is 8.79. The monoisotopic (exact) mass is 1140 g/mol. The molecular formula is C48H59N13O10S5. The first-order valence-electron chi connectivity index (χ1n) is 23.0. The second kappa shape index (κ2) is 25.5. The van der Waals surface area contributed by atoms with Crippen LogP contribution in [-0.4, -0.2) is 104 Å². The van der Waals surface area contributed by atoms with Crippen molar-refractivity contribution in [2.24, 2.45) is 0 Å². The maximum absolute atomic E-state index is 11.3. The number of rotatable bonds is 19. The number of fused-ring (bicyclic) bond motifs is 2. The minimum absolute atomic E-state index is 0.0434. The number of nitrogens with zero attached hydrogens (tertiary/aromatic N) is 7. The molecule has 76 heavy (non-hydrogen) atoms. The predicted molar refractivity (Wildman–Crippen MR) is 305 cm³/mol. The maximum Gasteiger partial charge on any atom is 0.299 e. The Hall–Kier alpha value is -7.34. The summed E-state index contributed by atoms with van der Waals surface area (Å²) in [5, 5.41) is 8.05. The average molecular weight is 1140 g/mol. The van der Waals surface area contributed by atoms with E-state index in [4.69, 9.17) is 65.9 Å². The van der Waals surface area contributed by atoms with Crippen LogP contribution in [0.1, 0.15) is 33.3 Å². The van der Waals surface area contributed by atoms with Gasteiger partial charge in [0.1, 0.15) is 42.8 Å². The third-order valence-electron chi connectivity index (χ3n) is 11.4. The van der Waals surface area contributed by atoms with Crippen molar-refractivity contribution in [3.63, 3.8) is 0 Å². The highest BCUT2D eigenvalue weighted by Crippen LogP contribution is 2.41. The van der Waals surface area contributed by atoms with Crippen molar-refractivity contribution < 1.29 is 44.9 Å². The van der Waals surface area contributed by atoms with Gasteiger partial charge in [0.05, 0.1) is 84.4 Å². The van der Waals surface area contributed by atoms with Gasteiger partial charge in [-0.2, -0.15) is 40.5 Å². The van der Waals surface area contributed by atoms with Gasteiger partial charge in [-0.05, 0) is 92.7 Å². The number of anilines is 10. The second-order valence-corrected chi connectivity index (χ2v) is 21.2. The van der Waals surface area contributed by atoms with Gasteiger partial charge in [0.25, 0.3) is 20.2 Å². The fraction of sp³-hybridized carbons (Fsp3) is 0.271. The highest BCUT2D eigenvalue weighted by molar-refractivity contribution is 7.98. The van der Waals surface area contributed by atoms with E-state index >= 15 is 0 Å². The van der Waals surface area contributed by atoms with Crippen LogP contribution in [0.3, 0.4) is 0 Å². The van der Waals surface area contributed by atoms with E-state index in [1.165, 1.54) is 38.1 Å². The molecule has 0 radical (unpaired) electrons. The molecule has 8 rings (SSSR count). The van der Waals surface area contributed by atoms with Gasteiger partial charge in [0.15, 0.2) is 5.16 Å². The van der Waals surface area contributed by atoms with Gasteiger partial charge in [-0.25, -0.2) is 0 Å². The molecule has 28 heteroatoms. The smallest absolute Gasteiger partial charge is 0.299 e. The number of methoxy groups -OCH3 is 4. The summed E-state index contributed by atoms with van der Waals surface area (Å²) >= 11 is 3.44. The summed E-state index contributed by atoms with van der Waals surface area (Å²) < 4.78 is 92.4. The van der Waals surface area contributed by atoms with E-state index in [-0.39, 0.29) is 42.1 Å². The molecule has 12 N–H and O–H groups in total. The van der Waals surface area contributed by atoms with Crippen LogP contribution in [0.25, 0.3) is 21.8 Å². The fourth-order valence-corrected chi connectivity index (χ4v) is 11.7. The quantitative estimate of drug-likeness (QED) is 0.0213. The molecule has 0 aliphatic rings. The number of nitrogens with two attached hydrogens (primary N) is 4. The van der Waals surface area contributed by atoms with E-state index in [1.54, 1.807) is 26.4 Å². The van der Waals surface area contributed by atoms with Crippen LogP contribution in [0.4, 0.5) is 56.0 Å². The first kappa shape index (κ1) is 57.9. The number of nitrogen functional groups attached to an aromatic ring is 4. The van der Waals surface area contributed by atoms with Crippen LogP contribution < -0.4 is 62.3 Å². The highest BCUT2D eigenvalue weighted by atomic mass is 32.2. The van der Waals surface area contributed by atoms with Crippen molar-refractivity contribution in [3.8, 4) is 23.0 Å². The van der Waals surface area contributed by atoms with Crippen molar-refractivity contribution in [2.75, 3.05) is 98.0 Å². The summed E-state index contributed by atoms with van der Waals surface area (Å²) in [6.07, 6.45) is 0. The standard InChI is InChI=1S/C32H43N9O2S.2C8H8N2O4S2/c1-7-40(8-2)26-18-24(22(33)16-28(26)42-5)35-30-37-31(39-32(38-30)44-20-21-14-12-11-13-15-21)36-25-19-27(41(9-3)10-4)29(43-6)17-23(25)34;2*1-14-5-3-2-4-6(8(9)15-10-4)7(5)16(11,12)13/h11-19H,7-10,20,33-34H2,1-6H3,(H2,35,36,37,38,39);2*2-3H,9H2,1H3,(H,11,12,13). The van der Waals surface area contributed by atoms with Crippen molar-refractivity contribution >= 4 is 133 Å². The molecule has 406 valence electrons. The molecule has 0 bridgehead atoms. The van der Waals surface area contributed by atoms with Crippen molar-refractivity contribution in [1.82, 2.24) is 23.7 Å². The summed E-state index contributed by atoms with van der Waals surface area (Å²) in [6, 6.07) is 23.7. The van der Waals surface area contributed by atoms with E-state index < -0.39 is 20.2 Å². The topological polar surface area (TPSA) is 345 Å². The Morgan fingerprint density at radius 3 is 1.32 bits per heavy atom. The second-order valence-electron chi connectivity index (χ2n) is 15.9. The summed E-state index contributed by atoms with van der Waals surface area (Å²) in [5.41, 5.74) is 30.4. The number of nitrogens with one attached hydrogen (secondary N) is 2. The molecule has 0 atom stereocenters. The van der Waals surface area contributed by atoms with E-state index in [9.17, 15) is 16.8 Å². The lowest BCUT2D eigenvalue weighted by Crippen LogP contribution is -2.22. The lowest BCUT2D eigenvalue weighted by Gasteiger charge is -2.25. The average Bonchev–Trinajstić information content (AvgIpc) is 4.01. The molecule has 0 fully saturated rings. The highest BCUT2D eigenvalue weighted by Gasteiger charge is 2.25. The first-order valence-corrected chi connectivity index (χ1v) is 28.4. The minimum Gasteiger partial charge on any atom is -0.495 e. The maximum atomic E-state index is 11.3. The Bertz CT molecular complexity index is 3320. The zero-order valence-electron chi connectivity index (χ0n) is 42.7. The Morgan fingerprint density at radius 1 is 0.566 bits per heavy atom. The van der Waals surface area contributed by atoms with Crippen molar-refractivity contribution in [1.29, 1.82) is 0 Å². The normalized spacial score (nSPS) is 11.2. The Kier molecular flexibility index (Phi) is 19.4. The Balaban J connectivity index is 0.000000236. The van der Waals surface area contributed by atoms with Crippen LogP contribution in [0.5, 0.6) is 23.0 Å². The molecule has 0 unspecified atom stereocenters. The SMILES string of the molecule is CCN(CC)c1cc(Nc2nc(Nc3cc(N(CC)CC)c(OC)cc3N)nc(SCc3ccccc3)n2)c(N)cc1OC.COc1ccc2nsc(N)c2c1S(=O)(=O)O.COc1ccc2nsc(N)c2c1S(=O)(=O)O. The molecule has 3 aromatic heterocycles. The molecule has 0 saturated carbocycles. The third-order valence-corrected chi connectivity index (χ3v) is 15.5. The van der Waals surface area contributed by atoms with E-state index in [1.807, 2.05) is 42.5 Å². The van der Waals surface area contributed by atoms with E-state index in [2.05, 4.69) is 69.0 Å². The number of ether oxygens (including phenoxy) is 4. The molecule has 23 nitrogen and oxygen atoms in total. The van der Waals surface area contributed by atoms with Crippen molar-refractivity contribution in [3.05, 3.63) is 84.4 Å². The molecule has 0 spiro atoms. The van der Waals surface area contributed by atoms with Gasteiger partial charge in [-0.15, -0.1) is 0 Å². The summed E-state index contributed by atoms with van der Waals surface area (Å²) in [7, 11) is -2.89. The summed E-state index contributed by atoms with van der Waals surface area (Å²) in [4.78, 5) is 17.9. The lowest BCUT2D eigenvalue weighted by molar-refractivity contribution is 0.398. The molecule has 3 heterocycles. The first-order chi connectivity index (χ1) is 36.2. The van der Waals surface area contributed by atoms with E-state index in [0.29, 0.717) is 68.1 Å². The van der Waals surface area contributed by atoms with Gasteiger partial charge in [0.2, 0.25) is 11.9 Å². The molecule has 0 aliphatic carbocycles. The molecular weight excluding hydrogens is 1080 g/mol.